The Hall–Kier alpha value is -3.35. The molecule has 1 aliphatic heterocycles. The van der Waals surface area contributed by atoms with Crippen LogP contribution in [-0.4, -0.2) is 29.8 Å². The maximum Gasteiger partial charge on any atom is 0.258 e. The van der Waals surface area contributed by atoms with Gasteiger partial charge in [-0.3, -0.25) is 4.79 Å². The monoisotopic (exact) mass is 350 g/mol. The van der Waals surface area contributed by atoms with Crippen molar-refractivity contribution in [2.24, 2.45) is 5.10 Å². The van der Waals surface area contributed by atoms with Crippen molar-refractivity contribution >= 4 is 17.1 Å². The summed E-state index contributed by atoms with van der Waals surface area (Å²) in [5, 5.41) is 4.58. The minimum Gasteiger partial charge on any atom is -0.493 e. The van der Waals surface area contributed by atoms with E-state index in [1.165, 1.54) is 0 Å². The van der Waals surface area contributed by atoms with Crippen LogP contribution in [0.1, 0.15) is 17.3 Å². The molecule has 3 aromatic rings. The van der Waals surface area contributed by atoms with Crippen LogP contribution in [0.5, 0.6) is 11.5 Å². The molecule has 1 unspecified atom stereocenters. The second-order valence-electron chi connectivity index (χ2n) is 5.98. The van der Waals surface area contributed by atoms with Crippen LogP contribution in [0.3, 0.4) is 0 Å². The first-order chi connectivity index (χ1) is 12.7. The van der Waals surface area contributed by atoms with Crippen molar-refractivity contribution in [2.45, 2.75) is 12.5 Å². The fourth-order valence-corrected chi connectivity index (χ4v) is 2.94. The fourth-order valence-electron chi connectivity index (χ4n) is 2.94. The Kier molecular flexibility index (Phi) is 4.27. The highest BCUT2D eigenvalue weighted by Gasteiger charge is 2.15. The molecule has 132 valence electrons. The second-order valence-corrected chi connectivity index (χ2v) is 5.98. The van der Waals surface area contributed by atoms with Gasteiger partial charge in [-0.1, -0.05) is 18.2 Å². The molecule has 7 nitrogen and oxygen atoms in total. The van der Waals surface area contributed by atoms with Crippen molar-refractivity contribution < 1.29 is 9.47 Å². The van der Waals surface area contributed by atoms with Crippen LogP contribution in [0.25, 0.3) is 10.9 Å². The standard InChI is InChI=1S/C19H18N4O3/c1-25-16-4-2-3-5-17(16)26-11-18-22-15-7-6-12(13-9-20-21-10-13)8-14(15)19(24)23-18/h2-9,13,21H,10-11H2,1H3,(H,22,23,24). The van der Waals surface area contributed by atoms with Gasteiger partial charge in [0.1, 0.15) is 12.4 Å². The Bertz CT molecular complexity index is 1030. The molecule has 7 heteroatoms. The molecule has 2 N–H and O–H groups in total. The summed E-state index contributed by atoms with van der Waals surface area (Å²) in [7, 11) is 1.58. The highest BCUT2D eigenvalue weighted by Crippen LogP contribution is 2.26. The van der Waals surface area contributed by atoms with E-state index in [9.17, 15) is 4.79 Å². The molecule has 26 heavy (non-hydrogen) atoms. The topological polar surface area (TPSA) is 88.6 Å². The Morgan fingerprint density at radius 3 is 2.81 bits per heavy atom. The minimum atomic E-state index is -0.182. The lowest BCUT2D eigenvalue weighted by atomic mass is 9.99. The van der Waals surface area contributed by atoms with Crippen LogP contribution in [-0.2, 0) is 6.61 Å². The van der Waals surface area contributed by atoms with E-state index in [-0.39, 0.29) is 18.1 Å². The van der Waals surface area contributed by atoms with E-state index in [1.54, 1.807) is 13.2 Å². The number of rotatable bonds is 5. The Labute approximate surface area is 149 Å². The highest BCUT2D eigenvalue weighted by atomic mass is 16.5. The molecule has 0 bridgehead atoms. The third kappa shape index (κ3) is 3.11. The summed E-state index contributed by atoms with van der Waals surface area (Å²) < 4.78 is 11.0. The number of aromatic amines is 1. The Morgan fingerprint density at radius 2 is 2.04 bits per heavy atom. The van der Waals surface area contributed by atoms with Gasteiger partial charge in [0.05, 0.1) is 18.0 Å². The molecular formula is C19H18N4O3. The van der Waals surface area contributed by atoms with Crippen molar-refractivity contribution in [1.82, 2.24) is 15.4 Å². The van der Waals surface area contributed by atoms with E-state index in [0.717, 1.165) is 12.1 Å². The molecule has 4 rings (SSSR count). The van der Waals surface area contributed by atoms with Crippen molar-refractivity contribution in [2.75, 3.05) is 13.7 Å². The van der Waals surface area contributed by atoms with Gasteiger partial charge >= 0.3 is 0 Å². The molecule has 0 saturated heterocycles. The maximum atomic E-state index is 12.5. The van der Waals surface area contributed by atoms with Crippen molar-refractivity contribution in [3.63, 3.8) is 0 Å². The number of nitrogens with one attached hydrogen (secondary N) is 2. The first kappa shape index (κ1) is 16.1. The molecule has 0 saturated carbocycles. The molecule has 0 amide bonds. The van der Waals surface area contributed by atoms with Crippen LogP contribution in [0.15, 0.2) is 52.4 Å². The predicted molar refractivity (Wildman–Crippen MR) is 98.9 cm³/mol. The van der Waals surface area contributed by atoms with Crippen molar-refractivity contribution in [3.8, 4) is 11.5 Å². The molecule has 1 aliphatic rings. The molecular weight excluding hydrogens is 332 g/mol. The van der Waals surface area contributed by atoms with Crippen molar-refractivity contribution in [3.05, 3.63) is 64.2 Å². The van der Waals surface area contributed by atoms with Gasteiger partial charge in [-0.2, -0.15) is 5.10 Å². The average Bonchev–Trinajstić information content (AvgIpc) is 3.21. The van der Waals surface area contributed by atoms with Crippen LogP contribution in [0, 0.1) is 0 Å². The van der Waals surface area contributed by atoms with E-state index >= 15 is 0 Å². The van der Waals surface area contributed by atoms with Crippen LogP contribution in [0.4, 0.5) is 0 Å². The SMILES string of the molecule is COc1ccccc1OCc1nc2ccc(C3C=NNC3)cc2c(=O)[nH]1. The first-order valence-corrected chi connectivity index (χ1v) is 8.29. The number of H-pyrrole nitrogens is 1. The zero-order valence-electron chi connectivity index (χ0n) is 14.2. The zero-order valence-corrected chi connectivity index (χ0v) is 14.2. The van der Waals surface area contributed by atoms with Crippen LogP contribution < -0.4 is 20.5 Å². The number of ether oxygens (including phenoxy) is 2. The smallest absolute Gasteiger partial charge is 0.258 e. The molecule has 2 heterocycles. The van der Waals surface area contributed by atoms with Crippen LogP contribution >= 0.6 is 0 Å². The number of aromatic nitrogens is 2. The third-order valence-corrected chi connectivity index (χ3v) is 4.30. The van der Waals surface area contributed by atoms with Crippen LogP contribution in [0.2, 0.25) is 0 Å². The molecule has 0 aliphatic carbocycles. The molecule has 0 fully saturated rings. The summed E-state index contributed by atoms with van der Waals surface area (Å²) in [5.74, 6) is 1.87. The number of fused-ring (bicyclic) bond motifs is 1. The van der Waals surface area contributed by atoms with Gasteiger partial charge in [-0.15, -0.1) is 0 Å². The molecule has 0 spiro atoms. The van der Waals surface area contributed by atoms with Gasteiger partial charge < -0.3 is 19.9 Å². The zero-order chi connectivity index (χ0) is 17.9. The van der Waals surface area contributed by atoms with Gasteiger partial charge in [-0.25, -0.2) is 4.98 Å². The molecule has 1 atom stereocenters. The maximum absolute atomic E-state index is 12.5. The van der Waals surface area contributed by atoms with E-state index in [2.05, 4.69) is 20.5 Å². The minimum absolute atomic E-state index is 0.145. The highest BCUT2D eigenvalue weighted by molar-refractivity contribution is 5.80. The van der Waals surface area contributed by atoms with E-state index < -0.39 is 0 Å². The quantitative estimate of drug-likeness (QED) is 0.736. The Balaban J connectivity index is 1.60. The average molecular weight is 350 g/mol. The van der Waals surface area contributed by atoms with Gasteiger partial charge in [-0.05, 0) is 29.8 Å². The summed E-state index contributed by atoms with van der Waals surface area (Å²) in [6.07, 6.45) is 1.85. The predicted octanol–water partition coefficient (Wildman–Crippen LogP) is 2.18. The van der Waals surface area contributed by atoms with Gasteiger partial charge in [0.25, 0.3) is 5.56 Å². The summed E-state index contributed by atoms with van der Waals surface area (Å²) in [4.78, 5) is 19.8. The third-order valence-electron chi connectivity index (χ3n) is 4.30. The van der Waals surface area contributed by atoms with E-state index in [4.69, 9.17) is 9.47 Å². The molecule has 0 radical (unpaired) electrons. The number of hydrogen-bond acceptors (Lipinski definition) is 6. The number of hydrazone groups is 1. The lowest BCUT2D eigenvalue weighted by molar-refractivity contribution is 0.276. The summed E-state index contributed by atoms with van der Waals surface area (Å²) in [6, 6.07) is 13.1. The number of benzene rings is 2. The number of nitrogens with zero attached hydrogens (tertiary/aromatic N) is 2. The lowest BCUT2D eigenvalue weighted by Gasteiger charge is -2.11. The molecule has 1 aromatic heterocycles. The van der Waals surface area contributed by atoms with Gasteiger partial charge in [0, 0.05) is 18.7 Å². The summed E-state index contributed by atoms with van der Waals surface area (Å²) in [6.45, 7) is 0.883. The van der Waals surface area contributed by atoms with Gasteiger partial charge in [0.2, 0.25) is 0 Å². The second kappa shape index (κ2) is 6.87. The normalized spacial score (nSPS) is 15.8. The summed E-state index contributed by atoms with van der Waals surface area (Å²) >= 11 is 0. The number of methoxy groups -OCH3 is 1. The Morgan fingerprint density at radius 1 is 1.19 bits per heavy atom. The number of hydrogen-bond donors (Lipinski definition) is 2. The largest absolute Gasteiger partial charge is 0.493 e. The lowest BCUT2D eigenvalue weighted by Crippen LogP contribution is -2.15. The number of para-hydroxylation sites is 2. The first-order valence-electron chi connectivity index (χ1n) is 8.29. The molecule has 2 aromatic carbocycles. The van der Waals surface area contributed by atoms with Gasteiger partial charge in [0.15, 0.2) is 11.5 Å². The van der Waals surface area contributed by atoms with E-state index in [1.807, 2.05) is 42.6 Å². The van der Waals surface area contributed by atoms with Crippen molar-refractivity contribution in [1.29, 1.82) is 0 Å². The fraction of sp³-hybridized carbons (Fsp3) is 0.211. The van der Waals surface area contributed by atoms with E-state index in [0.29, 0.717) is 28.2 Å². The summed E-state index contributed by atoms with van der Waals surface area (Å²) in [5.41, 5.74) is 4.42.